The number of hydrogen-bond acceptors (Lipinski definition) is 0. The third kappa shape index (κ3) is 5.67. The summed E-state index contributed by atoms with van der Waals surface area (Å²) in [6.07, 6.45) is 4.75. The fourth-order valence-corrected chi connectivity index (χ4v) is 0.450. The van der Waals surface area contributed by atoms with Crippen molar-refractivity contribution in [3.05, 3.63) is 12.2 Å². The number of allylic oxidation sites excluding steroid dienone is 2. The summed E-state index contributed by atoms with van der Waals surface area (Å²) in [6.45, 7) is 3.61. The van der Waals surface area contributed by atoms with Gasteiger partial charge in [-0.2, -0.15) is 0 Å². The van der Waals surface area contributed by atoms with Crippen LogP contribution >= 0.6 is 0 Å². The molecule has 8 heavy (non-hydrogen) atoms. The molecule has 0 heterocycles. The first-order valence-electron chi connectivity index (χ1n) is 3.06. The SMILES string of the molecule is CCC=CCC(C)F. The summed E-state index contributed by atoms with van der Waals surface area (Å²) < 4.78 is 12.0. The number of halogens is 1. The van der Waals surface area contributed by atoms with Gasteiger partial charge in [0.05, 0.1) is 0 Å². The van der Waals surface area contributed by atoms with E-state index in [1.54, 1.807) is 6.92 Å². The molecule has 0 N–H and O–H groups in total. The van der Waals surface area contributed by atoms with Crippen molar-refractivity contribution in [3.63, 3.8) is 0 Å². The Labute approximate surface area is 50.4 Å². The average Bonchev–Trinajstić information content (AvgIpc) is 1.66. The zero-order valence-corrected chi connectivity index (χ0v) is 5.52. The predicted molar refractivity (Wildman–Crippen MR) is 34.6 cm³/mol. The maximum Gasteiger partial charge on any atom is 0.101 e. The lowest BCUT2D eigenvalue weighted by Gasteiger charge is -1.90. The van der Waals surface area contributed by atoms with Crippen LogP contribution in [-0.2, 0) is 0 Å². The van der Waals surface area contributed by atoms with Gasteiger partial charge in [-0.1, -0.05) is 19.1 Å². The van der Waals surface area contributed by atoms with E-state index in [0.29, 0.717) is 6.42 Å². The molecule has 0 aromatic rings. The molecule has 0 bridgehead atoms. The molecule has 0 amide bonds. The molecule has 0 radical (unpaired) electrons. The van der Waals surface area contributed by atoms with E-state index in [4.69, 9.17) is 0 Å². The van der Waals surface area contributed by atoms with Gasteiger partial charge in [0, 0.05) is 0 Å². The van der Waals surface area contributed by atoms with E-state index in [-0.39, 0.29) is 0 Å². The van der Waals surface area contributed by atoms with E-state index in [1.165, 1.54) is 0 Å². The molecule has 0 nitrogen and oxygen atoms in total. The van der Waals surface area contributed by atoms with E-state index < -0.39 is 6.17 Å². The van der Waals surface area contributed by atoms with Crippen molar-refractivity contribution in [1.82, 2.24) is 0 Å². The monoisotopic (exact) mass is 116 g/mol. The first-order valence-corrected chi connectivity index (χ1v) is 3.06. The molecular formula is C7H13F. The summed E-state index contributed by atoms with van der Waals surface area (Å²) in [5, 5.41) is 0. The lowest BCUT2D eigenvalue weighted by atomic mass is 10.3. The van der Waals surface area contributed by atoms with Crippen LogP contribution in [0.3, 0.4) is 0 Å². The molecule has 0 rings (SSSR count). The summed E-state index contributed by atoms with van der Waals surface area (Å²) in [6, 6.07) is 0. The van der Waals surface area contributed by atoms with Gasteiger partial charge in [0.2, 0.25) is 0 Å². The van der Waals surface area contributed by atoms with Crippen LogP contribution in [0.4, 0.5) is 4.39 Å². The average molecular weight is 116 g/mol. The Balaban J connectivity index is 3.03. The highest BCUT2D eigenvalue weighted by atomic mass is 19.1. The molecular weight excluding hydrogens is 103 g/mol. The molecule has 0 spiro atoms. The topological polar surface area (TPSA) is 0 Å². The molecule has 0 aromatic heterocycles. The standard InChI is InChI=1S/C7H13F/c1-3-4-5-6-7(2)8/h4-5,7H,3,6H2,1-2H3. The van der Waals surface area contributed by atoms with Crippen molar-refractivity contribution >= 4 is 0 Å². The second-order valence-electron chi connectivity index (χ2n) is 1.90. The third-order valence-electron chi connectivity index (χ3n) is 0.863. The minimum atomic E-state index is -0.683. The molecule has 1 atom stereocenters. The fraction of sp³-hybridized carbons (Fsp3) is 0.714. The second kappa shape index (κ2) is 4.82. The van der Waals surface area contributed by atoms with Gasteiger partial charge in [-0.05, 0) is 19.8 Å². The van der Waals surface area contributed by atoms with E-state index >= 15 is 0 Å². The van der Waals surface area contributed by atoms with Crippen LogP contribution in [0.1, 0.15) is 26.7 Å². The van der Waals surface area contributed by atoms with Gasteiger partial charge < -0.3 is 0 Å². The van der Waals surface area contributed by atoms with Crippen LogP contribution < -0.4 is 0 Å². The second-order valence-corrected chi connectivity index (χ2v) is 1.90. The Hall–Kier alpha value is -0.330. The first-order chi connectivity index (χ1) is 3.77. The summed E-state index contributed by atoms with van der Waals surface area (Å²) >= 11 is 0. The minimum Gasteiger partial charge on any atom is -0.247 e. The van der Waals surface area contributed by atoms with Crippen molar-refractivity contribution < 1.29 is 4.39 Å². The molecule has 0 aromatic carbocycles. The maximum absolute atomic E-state index is 12.0. The van der Waals surface area contributed by atoms with E-state index in [9.17, 15) is 4.39 Å². The number of alkyl halides is 1. The van der Waals surface area contributed by atoms with Gasteiger partial charge in [0.1, 0.15) is 6.17 Å². The quantitative estimate of drug-likeness (QED) is 0.497. The van der Waals surface area contributed by atoms with E-state index in [0.717, 1.165) is 6.42 Å². The molecule has 48 valence electrons. The van der Waals surface area contributed by atoms with Crippen molar-refractivity contribution in [2.24, 2.45) is 0 Å². The highest BCUT2D eigenvalue weighted by Gasteiger charge is 1.89. The minimum absolute atomic E-state index is 0.563. The third-order valence-corrected chi connectivity index (χ3v) is 0.863. The van der Waals surface area contributed by atoms with Crippen molar-refractivity contribution in [2.75, 3.05) is 0 Å². The molecule has 0 aliphatic carbocycles. The lowest BCUT2D eigenvalue weighted by Crippen LogP contribution is -1.86. The Morgan fingerprint density at radius 1 is 1.50 bits per heavy atom. The van der Waals surface area contributed by atoms with Crippen LogP contribution in [0.25, 0.3) is 0 Å². The van der Waals surface area contributed by atoms with Crippen LogP contribution in [0.5, 0.6) is 0 Å². The molecule has 0 fully saturated rings. The molecule has 0 aliphatic heterocycles. The maximum atomic E-state index is 12.0. The van der Waals surface area contributed by atoms with Gasteiger partial charge in [-0.3, -0.25) is 0 Å². The van der Waals surface area contributed by atoms with Crippen molar-refractivity contribution in [3.8, 4) is 0 Å². The summed E-state index contributed by atoms with van der Waals surface area (Å²) in [5.41, 5.74) is 0. The van der Waals surface area contributed by atoms with Gasteiger partial charge in [-0.25, -0.2) is 4.39 Å². The van der Waals surface area contributed by atoms with Crippen LogP contribution in [0.2, 0.25) is 0 Å². The molecule has 1 unspecified atom stereocenters. The predicted octanol–water partition coefficient (Wildman–Crippen LogP) is 2.70. The molecule has 0 aliphatic rings. The summed E-state index contributed by atoms with van der Waals surface area (Å²) in [5.74, 6) is 0. The highest BCUT2D eigenvalue weighted by Crippen LogP contribution is 1.96. The Bertz CT molecular complexity index is 64.8. The van der Waals surface area contributed by atoms with Gasteiger partial charge in [0.25, 0.3) is 0 Å². The number of hydrogen-bond donors (Lipinski definition) is 0. The smallest absolute Gasteiger partial charge is 0.101 e. The Morgan fingerprint density at radius 3 is 2.50 bits per heavy atom. The van der Waals surface area contributed by atoms with Gasteiger partial charge in [0.15, 0.2) is 0 Å². The van der Waals surface area contributed by atoms with Gasteiger partial charge >= 0.3 is 0 Å². The molecule has 0 saturated heterocycles. The van der Waals surface area contributed by atoms with Gasteiger partial charge in [-0.15, -0.1) is 0 Å². The molecule has 0 saturated carbocycles. The Morgan fingerprint density at radius 2 is 2.12 bits per heavy atom. The molecule has 1 heteroatoms. The van der Waals surface area contributed by atoms with E-state index in [2.05, 4.69) is 0 Å². The summed E-state index contributed by atoms with van der Waals surface area (Å²) in [4.78, 5) is 0. The summed E-state index contributed by atoms with van der Waals surface area (Å²) in [7, 11) is 0. The normalized spacial score (nSPS) is 14.9. The number of rotatable bonds is 3. The zero-order valence-electron chi connectivity index (χ0n) is 5.52. The zero-order chi connectivity index (χ0) is 6.41. The largest absolute Gasteiger partial charge is 0.247 e. The van der Waals surface area contributed by atoms with Crippen molar-refractivity contribution in [2.45, 2.75) is 32.9 Å². The highest BCUT2D eigenvalue weighted by molar-refractivity contribution is 4.81. The van der Waals surface area contributed by atoms with Crippen LogP contribution in [-0.4, -0.2) is 6.17 Å². The first kappa shape index (κ1) is 7.67. The Kier molecular flexibility index (Phi) is 4.62. The van der Waals surface area contributed by atoms with Crippen LogP contribution in [0.15, 0.2) is 12.2 Å². The van der Waals surface area contributed by atoms with Crippen LogP contribution in [0, 0.1) is 0 Å². The van der Waals surface area contributed by atoms with Crippen molar-refractivity contribution in [1.29, 1.82) is 0 Å². The fourth-order valence-electron chi connectivity index (χ4n) is 0.450. The van der Waals surface area contributed by atoms with E-state index in [1.807, 2.05) is 19.1 Å². The lowest BCUT2D eigenvalue weighted by molar-refractivity contribution is 0.365.